The van der Waals surface area contributed by atoms with Crippen LogP contribution in [0.25, 0.3) is 10.9 Å². The number of halogens is 3. The first kappa shape index (κ1) is 14.2. The predicted molar refractivity (Wildman–Crippen MR) is 76.2 cm³/mol. The Bertz CT molecular complexity index is 612. The van der Waals surface area contributed by atoms with Crippen molar-refractivity contribution in [3.8, 4) is 0 Å². The van der Waals surface area contributed by atoms with Crippen molar-refractivity contribution >= 4 is 16.6 Å². The molecule has 1 aromatic carbocycles. The highest BCUT2D eigenvalue weighted by atomic mass is 19.4. The number of anilines is 1. The Kier molecular flexibility index (Phi) is 3.78. The topological polar surface area (TPSA) is 40.7 Å². The summed E-state index contributed by atoms with van der Waals surface area (Å²) in [7, 11) is 0. The van der Waals surface area contributed by atoms with Gasteiger partial charge < -0.3 is 5.32 Å². The van der Waals surface area contributed by atoms with Crippen molar-refractivity contribution in [2.45, 2.75) is 38.3 Å². The second-order valence-electron chi connectivity index (χ2n) is 5.74. The van der Waals surface area contributed by atoms with Crippen LogP contribution in [-0.4, -0.2) is 16.7 Å². The van der Waals surface area contributed by atoms with E-state index >= 15 is 0 Å². The van der Waals surface area contributed by atoms with Gasteiger partial charge in [0.1, 0.15) is 0 Å². The van der Waals surface area contributed by atoms with Gasteiger partial charge >= 0.3 is 6.18 Å². The van der Waals surface area contributed by atoms with E-state index in [2.05, 4.69) is 15.5 Å². The van der Waals surface area contributed by atoms with Gasteiger partial charge in [-0.2, -0.15) is 18.3 Å². The average Bonchev–Trinajstić information content (AvgIpc) is 2.93. The molecule has 1 fully saturated rings. The fraction of sp³-hybridized carbons (Fsp3) is 0.533. The molecule has 1 aliphatic rings. The summed E-state index contributed by atoms with van der Waals surface area (Å²) >= 11 is 0. The number of nitrogens with one attached hydrogen (secondary N) is 2. The Morgan fingerprint density at radius 2 is 1.95 bits per heavy atom. The van der Waals surface area contributed by atoms with Crippen molar-refractivity contribution in [2.24, 2.45) is 5.92 Å². The molecule has 1 heterocycles. The van der Waals surface area contributed by atoms with Gasteiger partial charge in [-0.1, -0.05) is 19.3 Å². The molecule has 0 aliphatic heterocycles. The van der Waals surface area contributed by atoms with Crippen molar-refractivity contribution in [1.29, 1.82) is 0 Å². The van der Waals surface area contributed by atoms with E-state index in [0.29, 0.717) is 22.5 Å². The van der Waals surface area contributed by atoms with Crippen molar-refractivity contribution in [1.82, 2.24) is 10.2 Å². The lowest BCUT2D eigenvalue weighted by molar-refractivity contribution is -0.137. The first-order chi connectivity index (χ1) is 10.0. The van der Waals surface area contributed by atoms with Crippen molar-refractivity contribution in [3.63, 3.8) is 0 Å². The monoisotopic (exact) mass is 297 g/mol. The standard InChI is InChI=1S/C15H18F3N3/c16-15(17,18)11-6-13(12-9-20-21-14(12)7-11)19-8-10-4-2-1-3-5-10/h6-7,9-10,19H,1-5,8H2,(H,20,21). The van der Waals surface area contributed by atoms with Gasteiger partial charge in [-0.15, -0.1) is 0 Å². The van der Waals surface area contributed by atoms with Gasteiger partial charge in [-0.05, 0) is 30.9 Å². The number of rotatable bonds is 3. The molecule has 0 spiro atoms. The van der Waals surface area contributed by atoms with Crippen LogP contribution in [0.3, 0.4) is 0 Å². The third kappa shape index (κ3) is 3.14. The van der Waals surface area contributed by atoms with E-state index in [-0.39, 0.29) is 0 Å². The molecular formula is C15H18F3N3. The molecule has 0 unspecified atom stereocenters. The van der Waals surface area contributed by atoms with Crippen LogP contribution in [0.1, 0.15) is 37.7 Å². The van der Waals surface area contributed by atoms with Crippen LogP contribution in [0.2, 0.25) is 0 Å². The Hall–Kier alpha value is -1.72. The summed E-state index contributed by atoms with van der Waals surface area (Å²) in [6.45, 7) is 0.724. The quantitative estimate of drug-likeness (QED) is 0.871. The molecule has 0 radical (unpaired) electrons. The summed E-state index contributed by atoms with van der Waals surface area (Å²) < 4.78 is 38.8. The number of alkyl halides is 3. The third-order valence-corrected chi connectivity index (χ3v) is 4.19. The van der Waals surface area contributed by atoms with Crippen LogP contribution in [0.5, 0.6) is 0 Å². The van der Waals surface area contributed by atoms with Gasteiger partial charge in [-0.25, -0.2) is 0 Å². The molecule has 114 valence electrons. The number of aromatic amines is 1. The Morgan fingerprint density at radius 1 is 1.19 bits per heavy atom. The highest BCUT2D eigenvalue weighted by Gasteiger charge is 2.31. The van der Waals surface area contributed by atoms with E-state index in [1.165, 1.54) is 25.3 Å². The maximum Gasteiger partial charge on any atom is 0.416 e. The fourth-order valence-electron chi connectivity index (χ4n) is 3.01. The van der Waals surface area contributed by atoms with E-state index in [9.17, 15) is 13.2 Å². The van der Waals surface area contributed by atoms with Gasteiger partial charge in [0.25, 0.3) is 0 Å². The number of fused-ring (bicyclic) bond motifs is 1. The minimum absolute atomic E-state index is 0.413. The molecule has 6 heteroatoms. The molecule has 1 saturated carbocycles. The van der Waals surface area contributed by atoms with Gasteiger partial charge in [0.05, 0.1) is 17.3 Å². The molecule has 3 rings (SSSR count). The summed E-state index contributed by atoms with van der Waals surface area (Å²) in [6, 6.07) is 2.29. The molecule has 2 N–H and O–H groups in total. The number of aromatic nitrogens is 2. The summed E-state index contributed by atoms with van der Waals surface area (Å²) in [4.78, 5) is 0. The Morgan fingerprint density at radius 3 is 2.67 bits per heavy atom. The van der Waals surface area contributed by atoms with Gasteiger partial charge in [-0.3, -0.25) is 5.10 Å². The molecule has 2 aromatic rings. The number of hydrogen-bond acceptors (Lipinski definition) is 2. The van der Waals surface area contributed by atoms with E-state index < -0.39 is 11.7 Å². The second kappa shape index (κ2) is 5.58. The summed E-state index contributed by atoms with van der Waals surface area (Å²) in [6.07, 6.45) is 3.23. The van der Waals surface area contributed by atoms with E-state index in [0.717, 1.165) is 25.5 Å². The SMILES string of the molecule is FC(F)(F)c1cc(NCC2CCCCC2)c2cn[nH]c2c1. The summed E-state index contributed by atoms with van der Waals surface area (Å²) in [5, 5.41) is 10.4. The number of H-pyrrole nitrogens is 1. The van der Waals surface area contributed by atoms with E-state index in [1.807, 2.05) is 0 Å². The smallest absolute Gasteiger partial charge is 0.384 e. The van der Waals surface area contributed by atoms with Gasteiger partial charge in [0.2, 0.25) is 0 Å². The van der Waals surface area contributed by atoms with Crippen LogP contribution in [0.15, 0.2) is 18.3 Å². The number of hydrogen-bond donors (Lipinski definition) is 2. The van der Waals surface area contributed by atoms with Crippen molar-refractivity contribution in [2.75, 3.05) is 11.9 Å². The van der Waals surface area contributed by atoms with Crippen LogP contribution >= 0.6 is 0 Å². The molecule has 1 aliphatic carbocycles. The molecule has 21 heavy (non-hydrogen) atoms. The Labute approximate surface area is 120 Å². The van der Waals surface area contributed by atoms with Crippen LogP contribution in [-0.2, 0) is 6.18 Å². The molecule has 1 aromatic heterocycles. The van der Waals surface area contributed by atoms with Crippen LogP contribution < -0.4 is 5.32 Å². The molecule has 3 nitrogen and oxygen atoms in total. The largest absolute Gasteiger partial charge is 0.416 e. The van der Waals surface area contributed by atoms with Gasteiger partial charge in [0, 0.05) is 17.6 Å². The third-order valence-electron chi connectivity index (χ3n) is 4.19. The fourth-order valence-corrected chi connectivity index (χ4v) is 3.01. The lowest BCUT2D eigenvalue weighted by Crippen LogP contribution is -2.17. The zero-order valence-electron chi connectivity index (χ0n) is 11.6. The van der Waals surface area contributed by atoms with Gasteiger partial charge in [0.15, 0.2) is 0 Å². The highest BCUT2D eigenvalue weighted by molar-refractivity contribution is 5.91. The molecule has 0 bridgehead atoms. The molecule has 0 saturated heterocycles. The lowest BCUT2D eigenvalue weighted by atomic mass is 9.89. The minimum atomic E-state index is -4.35. The van der Waals surface area contributed by atoms with Crippen molar-refractivity contribution in [3.05, 3.63) is 23.9 Å². The summed E-state index contributed by atoms with van der Waals surface area (Å²) in [5.74, 6) is 0.551. The lowest BCUT2D eigenvalue weighted by Gasteiger charge is -2.22. The van der Waals surface area contributed by atoms with Crippen LogP contribution in [0, 0.1) is 5.92 Å². The second-order valence-corrected chi connectivity index (χ2v) is 5.74. The van der Waals surface area contributed by atoms with Crippen molar-refractivity contribution < 1.29 is 13.2 Å². The first-order valence-electron chi connectivity index (χ1n) is 7.32. The maximum atomic E-state index is 12.9. The average molecular weight is 297 g/mol. The summed E-state index contributed by atoms with van der Waals surface area (Å²) in [5.41, 5.74) is 0.278. The zero-order chi connectivity index (χ0) is 14.9. The normalized spacial score (nSPS) is 17.3. The zero-order valence-corrected chi connectivity index (χ0v) is 11.6. The highest BCUT2D eigenvalue weighted by Crippen LogP contribution is 2.35. The predicted octanol–water partition coefficient (Wildman–Crippen LogP) is 4.57. The van der Waals surface area contributed by atoms with E-state index in [1.54, 1.807) is 6.20 Å². The molecule has 0 amide bonds. The molecular weight excluding hydrogens is 279 g/mol. The number of nitrogens with zero attached hydrogens (tertiary/aromatic N) is 1. The van der Waals surface area contributed by atoms with Crippen LogP contribution in [0.4, 0.5) is 18.9 Å². The molecule has 0 atom stereocenters. The Balaban J connectivity index is 1.84. The maximum absolute atomic E-state index is 12.9. The first-order valence-corrected chi connectivity index (χ1v) is 7.32. The minimum Gasteiger partial charge on any atom is -0.384 e. The number of benzene rings is 1. The van der Waals surface area contributed by atoms with E-state index in [4.69, 9.17) is 0 Å².